The number of ether oxygens (including phenoxy) is 2. The molecule has 9 nitrogen and oxygen atoms in total. The van der Waals surface area contributed by atoms with Gasteiger partial charge in [-0.1, -0.05) is 0 Å². The average molecular weight is 574 g/mol. The van der Waals surface area contributed by atoms with Crippen molar-refractivity contribution in [2.75, 3.05) is 26.7 Å². The van der Waals surface area contributed by atoms with Crippen molar-refractivity contribution in [3.8, 4) is 6.07 Å². The summed E-state index contributed by atoms with van der Waals surface area (Å²) in [5.74, 6) is -0.514. The standard InChI is InChI=1S/C26H38F3N5O4S/c1-13-5-17(18-6-14(9-30)3-4-21(18)37-2)19(10-31-13)23(35)33-25-32-20-11-34(12-22(20)39-25)24(36)15-7-16(8-15)38-26(27,28)29/h13-22,25,31-32H,3-8,10-12H2,1-2H3,(H,33,35). The molecular formula is C26H38F3N5O4S. The number of amides is 2. The third-order valence-electron chi connectivity index (χ3n) is 9.31. The van der Waals surface area contributed by atoms with Gasteiger partial charge in [0.15, 0.2) is 0 Å². The Labute approximate surface area is 231 Å². The van der Waals surface area contributed by atoms with Crippen molar-refractivity contribution in [3.63, 3.8) is 0 Å². The van der Waals surface area contributed by atoms with Crippen LogP contribution in [0.2, 0.25) is 0 Å². The summed E-state index contributed by atoms with van der Waals surface area (Å²) in [5.41, 5.74) is -0.269. The summed E-state index contributed by atoms with van der Waals surface area (Å²) in [5, 5.41) is 19.7. The molecule has 0 radical (unpaired) electrons. The van der Waals surface area contributed by atoms with Gasteiger partial charge in [-0.3, -0.25) is 19.6 Å². The maximum Gasteiger partial charge on any atom is 0.522 e. The fraction of sp³-hybridized carbons (Fsp3) is 0.885. The first kappa shape index (κ1) is 28.9. The number of likely N-dealkylation sites (tertiary alicyclic amines) is 1. The van der Waals surface area contributed by atoms with Gasteiger partial charge in [-0.05, 0) is 57.3 Å². The van der Waals surface area contributed by atoms with E-state index in [1.165, 1.54) is 0 Å². The lowest BCUT2D eigenvalue weighted by Crippen LogP contribution is -2.55. The number of hydrogen-bond donors (Lipinski definition) is 3. The van der Waals surface area contributed by atoms with E-state index in [1.54, 1.807) is 23.8 Å². The molecule has 13 heteroatoms. The molecule has 2 saturated carbocycles. The van der Waals surface area contributed by atoms with Gasteiger partial charge in [0.05, 0.1) is 24.2 Å². The van der Waals surface area contributed by atoms with E-state index in [1.807, 2.05) is 0 Å². The van der Waals surface area contributed by atoms with Crippen LogP contribution in [0.25, 0.3) is 0 Å². The number of piperidine rings is 1. The van der Waals surface area contributed by atoms with Crippen LogP contribution in [0.5, 0.6) is 0 Å². The quantitative estimate of drug-likeness (QED) is 0.443. The molecule has 2 amide bonds. The molecule has 39 heavy (non-hydrogen) atoms. The van der Waals surface area contributed by atoms with Crippen LogP contribution in [0.15, 0.2) is 0 Å². The number of rotatable bonds is 6. The van der Waals surface area contributed by atoms with E-state index >= 15 is 0 Å². The van der Waals surface area contributed by atoms with Crippen molar-refractivity contribution in [3.05, 3.63) is 0 Å². The van der Waals surface area contributed by atoms with Crippen LogP contribution in [-0.2, 0) is 19.1 Å². The van der Waals surface area contributed by atoms with E-state index in [0.717, 1.165) is 25.7 Å². The van der Waals surface area contributed by atoms with Gasteiger partial charge in [-0.15, -0.1) is 24.9 Å². The number of thioether (sulfide) groups is 1. The smallest absolute Gasteiger partial charge is 0.381 e. The Kier molecular flexibility index (Phi) is 8.69. The highest BCUT2D eigenvalue weighted by molar-refractivity contribution is 8.00. The number of nitrogens with zero attached hydrogens (tertiary/aromatic N) is 2. The van der Waals surface area contributed by atoms with Crippen LogP contribution in [0.4, 0.5) is 13.2 Å². The Morgan fingerprint density at radius 2 is 1.90 bits per heavy atom. The van der Waals surface area contributed by atoms with Crippen LogP contribution in [0.3, 0.4) is 0 Å². The largest absolute Gasteiger partial charge is 0.522 e. The normalized spacial score (nSPS) is 42.4. The van der Waals surface area contributed by atoms with Crippen LogP contribution >= 0.6 is 11.8 Å². The molecule has 5 fully saturated rings. The number of hydrogen-bond acceptors (Lipinski definition) is 8. The summed E-state index contributed by atoms with van der Waals surface area (Å²) in [6, 6.07) is 2.72. The Morgan fingerprint density at radius 1 is 1.13 bits per heavy atom. The molecule has 0 aromatic carbocycles. The van der Waals surface area contributed by atoms with Crippen LogP contribution in [0, 0.1) is 40.9 Å². The van der Waals surface area contributed by atoms with Crippen LogP contribution < -0.4 is 16.0 Å². The average Bonchev–Trinajstić information content (AvgIpc) is 3.43. The molecule has 5 rings (SSSR count). The second-order valence-electron chi connectivity index (χ2n) is 11.8. The van der Waals surface area contributed by atoms with Crippen molar-refractivity contribution in [2.45, 2.75) is 86.9 Å². The van der Waals surface area contributed by atoms with E-state index < -0.39 is 18.4 Å². The first-order chi connectivity index (χ1) is 18.5. The molecule has 9 unspecified atom stereocenters. The minimum Gasteiger partial charge on any atom is -0.381 e. The number of nitriles is 1. The highest BCUT2D eigenvalue weighted by Gasteiger charge is 2.49. The Balaban J connectivity index is 1.13. The van der Waals surface area contributed by atoms with Gasteiger partial charge >= 0.3 is 6.36 Å². The highest BCUT2D eigenvalue weighted by Crippen LogP contribution is 2.42. The molecule has 218 valence electrons. The van der Waals surface area contributed by atoms with E-state index in [0.29, 0.717) is 19.6 Å². The fourth-order valence-electron chi connectivity index (χ4n) is 7.22. The molecule has 2 aliphatic carbocycles. The van der Waals surface area contributed by atoms with E-state index in [9.17, 15) is 28.0 Å². The SMILES string of the molecule is COC1CCC(C#N)CC1C1CC(C)NCC1C(=O)NC1NC2CN(C(=O)C3CC(OC(F)(F)F)C3)CC2S1. The van der Waals surface area contributed by atoms with Gasteiger partial charge in [0, 0.05) is 55.9 Å². The topological polar surface area (TPSA) is 116 Å². The van der Waals surface area contributed by atoms with Gasteiger partial charge in [0.25, 0.3) is 0 Å². The zero-order chi connectivity index (χ0) is 27.9. The molecule has 0 aromatic heterocycles. The summed E-state index contributed by atoms with van der Waals surface area (Å²) in [7, 11) is 1.72. The summed E-state index contributed by atoms with van der Waals surface area (Å²) < 4.78 is 47.0. The van der Waals surface area contributed by atoms with E-state index in [-0.39, 0.29) is 77.3 Å². The Morgan fingerprint density at radius 3 is 2.56 bits per heavy atom. The zero-order valence-electron chi connectivity index (χ0n) is 22.3. The third kappa shape index (κ3) is 6.50. The van der Waals surface area contributed by atoms with Gasteiger partial charge in [0.2, 0.25) is 11.8 Å². The van der Waals surface area contributed by atoms with Crippen molar-refractivity contribution in [1.29, 1.82) is 5.26 Å². The number of halogens is 3. The van der Waals surface area contributed by atoms with Gasteiger partial charge < -0.3 is 20.3 Å². The molecule has 9 atom stereocenters. The minimum atomic E-state index is -4.67. The maximum absolute atomic E-state index is 13.6. The molecule has 3 saturated heterocycles. The maximum atomic E-state index is 13.6. The van der Waals surface area contributed by atoms with Crippen molar-refractivity contribution in [1.82, 2.24) is 20.9 Å². The minimum absolute atomic E-state index is 0.00428. The Bertz CT molecular complexity index is 947. The third-order valence-corrected chi connectivity index (χ3v) is 10.7. The molecule has 0 aromatic rings. The number of nitrogens with one attached hydrogen (secondary N) is 3. The lowest BCUT2D eigenvalue weighted by Gasteiger charge is -2.44. The van der Waals surface area contributed by atoms with Crippen molar-refractivity contribution >= 4 is 23.6 Å². The Hall–Kier alpha value is -1.59. The van der Waals surface area contributed by atoms with E-state index in [4.69, 9.17) is 4.74 Å². The van der Waals surface area contributed by atoms with Crippen molar-refractivity contribution < 1.29 is 32.2 Å². The zero-order valence-corrected chi connectivity index (χ0v) is 23.1. The molecule has 3 heterocycles. The summed E-state index contributed by atoms with van der Waals surface area (Å²) in [6.45, 7) is 3.69. The second-order valence-corrected chi connectivity index (χ2v) is 13.2. The lowest BCUT2D eigenvalue weighted by molar-refractivity contribution is -0.353. The summed E-state index contributed by atoms with van der Waals surface area (Å²) >= 11 is 1.59. The fourth-order valence-corrected chi connectivity index (χ4v) is 8.62. The number of alkyl halides is 3. The number of carbonyl (C=O) groups is 2. The predicted octanol–water partition coefficient (Wildman–Crippen LogP) is 2.19. The van der Waals surface area contributed by atoms with Gasteiger partial charge in [-0.2, -0.15) is 5.26 Å². The monoisotopic (exact) mass is 573 g/mol. The van der Waals surface area contributed by atoms with Crippen molar-refractivity contribution in [2.24, 2.45) is 29.6 Å². The molecule has 3 N–H and O–H groups in total. The van der Waals surface area contributed by atoms with Crippen LogP contribution in [0.1, 0.15) is 45.4 Å². The number of carbonyl (C=O) groups excluding carboxylic acids is 2. The van der Waals surface area contributed by atoms with Gasteiger partial charge in [0.1, 0.15) is 5.50 Å². The first-order valence-corrected chi connectivity index (χ1v) is 14.9. The lowest BCUT2D eigenvalue weighted by atomic mass is 9.66. The molecule has 3 aliphatic heterocycles. The summed E-state index contributed by atoms with van der Waals surface area (Å²) in [6.07, 6.45) is -2.10. The van der Waals surface area contributed by atoms with Gasteiger partial charge in [-0.25, -0.2) is 0 Å². The first-order valence-electron chi connectivity index (χ1n) is 14.0. The molecular weight excluding hydrogens is 535 g/mol. The van der Waals surface area contributed by atoms with Crippen LogP contribution in [-0.4, -0.2) is 84.9 Å². The van der Waals surface area contributed by atoms with E-state index in [2.05, 4.69) is 33.7 Å². The predicted molar refractivity (Wildman–Crippen MR) is 137 cm³/mol. The second kappa shape index (κ2) is 11.7. The molecule has 0 bridgehead atoms. The number of methoxy groups -OCH3 is 1. The number of fused-ring (bicyclic) bond motifs is 1. The molecule has 5 aliphatic rings. The highest BCUT2D eigenvalue weighted by atomic mass is 32.2. The molecule has 0 spiro atoms. The summed E-state index contributed by atoms with van der Waals surface area (Å²) in [4.78, 5) is 28.1.